The number of benzene rings is 3. The van der Waals surface area contributed by atoms with Gasteiger partial charge in [0.1, 0.15) is 85.8 Å². The number of aliphatic carboxylic acids is 1. The Hall–Kier alpha value is -14.3. The molecule has 0 spiro atoms. The lowest BCUT2D eigenvalue weighted by molar-refractivity contribution is -0.138. The number of aliphatic hydroxyl groups is 20. The Morgan fingerprint density at radius 2 is 0.741 bits per heavy atom. The minimum absolute atomic E-state index is 0.00178. The van der Waals surface area contributed by atoms with Crippen molar-refractivity contribution in [2.75, 3.05) is 52.4 Å². The van der Waals surface area contributed by atoms with Crippen LogP contribution in [-0.4, -0.2) is 380 Å². The highest BCUT2D eigenvalue weighted by Crippen LogP contribution is 2.22. The van der Waals surface area contributed by atoms with Crippen molar-refractivity contribution in [2.24, 2.45) is 114 Å². The van der Waals surface area contributed by atoms with Gasteiger partial charge in [0.2, 0.25) is 88.5 Å². The number of hydrogen-bond acceptors (Lipinski definition) is 27. The molecule has 0 radical (unpaired) electrons. The van der Waals surface area contributed by atoms with Crippen molar-refractivity contribution in [3.8, 4) is 5.75 Å². The summed E-state index contributed by atoms with van der Waals surface area (Å²) in [6.45, 7) is 4.35. The number of nitrogens with two attached hydrogens (primary N) is 5. The van der Waals surface area contributed by atoms with Crippen LogP contribution in [0.1, 0.15) is 141 Å². The molecule has 0 saturated carbocycles. The van der Waals surface area contributed by atoms with Gasteiger partial charge in [0, 0.05) is 32.4 Å². The summed E-state index contributed by atoms with van der Waals surface area (Å²) in [4.78, 5) is 77.6. The molecule has 0 saturated heterocycles. The minimum atomic E-state index is -1.86. The van der Waals surface area contributed by atoms with Crippen molar-refractivity contribution in [2.45, 2.75) is 234 Å². The first-order valence-corrected chi connectivity index (χ1v) is 43.2. The zero-order valence-corrected chi connectivity index (χ0v) is 75.8. The van der Waals surface area contributed by atoms with E-state index in [0.29, 0.717) is 24.0 Å². The number of unbranched alkanes of at least 4 members (excludes halogenated alkanes) is 2. The van der Waals surface area contributed by atoms with E-state index in [1.54, 1.807) is 56.3 Å². The molecule has 0 bridgehead atoms. The van der Waals surface area contributed by atoms with Crippen LogP contribution in [-0.2, 0) is 24.1 Å². The number of phenols is 1. The van der Waals surface area contributed by atoms with E-state index in [1.807, 2.05) is 18.2 Å². The van der Waals surface area contributed by atoms with Gasteiger partial charge in [0.25, 0.3) is 0 Å². The molecule has 3 aromatic rings. The molecule has 3 rings (SSSR count). The van der Waals surface area contributed by atoms with E-state index in [-0.39, 0.29) is 115 Å². The van der Waals surface area contributed by atoms with Crippen LogP contribution in [0.15, 0.2) is 165 Å². The lowest BCUT2D eigenvalue weighted by Gasteiger charge is -2.20. The summed E-state index contributed by atoms with van der Waals surface area (Å²) < 4.78 is 0. The van der Waals surface area contributed by atoms with E-state index in [9.17, 15) is 117 Å². The molecule has 0 aliphatic heterocycles. The second-order valence-electron chi connectivity index (χ2n) is 31.4. The van der Waals surface area contributed by atoms with Gasteiger partial charge < -0.3 is 152 Å². The van der Waals surface area contributed by atoms with E-state index in [1.165, 1.54) is 45.0 Å². The SMILES string of the molecule is CC(C)CC(N=C(O)C(CCCCN)N=C(O)C(CCCNC(=N)N)N=C(O)C(C)N=C(O)C(CO)N=C(O)C(CCCCN)N=C(O)C(CCCNC(=N)N)N=C(O)C(C)N=C(O)CN=C(O)C(N=C(O)C(Cc1ccccc1)N=C(O)CN=C(O)CN=C(O)C(N)Cc1ccccc1)C(C)O)C(O)=NC(Cc1ccc(O)cc1)C(O)=NC(CC(=N)O)C(O)=NC(CCC(=N)O)C(=O)O. The van der Waals surface area contributed by atoms with Crippen LogP contribution in [0.3, 0.4) is 0 Å². The van der Waals surface area contributed by atoms with Gasteiger partial charge in [-0.05, 0) is 152 Å². The van der Waals surface area contributed by atoms with Crippen LogP contribution in [0, 0.1) is 27.6 Å². The first-order valence-electron chi connectivity index (χ1n) is 43.2. The molecule has 0 aliphatic rings. The fourth-order valence-electron chi connectivity index (χ4n) is 12.3. The van der Waals surface area contributed by atoms with E-state index >= 15 is 0 Å². The molecule has 0 heterocycles. The highest BCUT2D eigenvalue weighted by Gasteiger charge is 2.33. The second kappa shape index (κ2) is 61.4. The number of carboxylic acids is 1. The fraction of sp³-hybridized carbons (Fsp3) is 0.541. The van der Waals surface area contributed by atoms with E-state index in [2.05, 4.69) is 90.5 Å². The molecular weight excluding hydrogens is 1770 g/mol. The maximum Gasteiger partial charge on any atom is 0.328 e. The van der Waals surface area contributed by atoms with Crippen LogP contribution >= 0.6 is 0 Å². The number of aromatic hydroxyl groups is 1. The Bertz CT molecular complexity index is 4760. The number of carbonyl (C=O) groups is 1. The number of guanidine groups is 2. The maximum atomic E-state index is 12.1. The maximum absolute atomic E-state index is 12.1. The van der Waals surface area contributed by atoms with Crippen molar-refractivity contribution in [1.82, 2.24) is 10.6 Å². The van der Waals surface area contributed by atoms with E-state index < -0.39 is 260 Å². The average molecular weight is 1900 g/mol. The quantitative estimate of drug-likeness (QED) is 0.0191. The third kappa shape index (κ3) is 46.1. The third-order valence-electron chi connectivity index (χ3n) is 19.4. The first-order chi connectivity index (χ1) is 63.8. The summed E-state index contributed by atoms with van der Waals surface area (Å²) >= 11 is 0. The lowest BCUT2D eigenvalue weighted by atomic mass is 10.0. The first kappa shape index (κ1) is 115. The number of hydrogen-bond donors (Lipinski definition) is 33. The van der Waals surface area contributed by atoms with Gasteiger partial charge in [0.05, 0.1) is 25.2 Å². The van der Waals surface area contributed by atoms with Gasteiger partial charge >= 0.3 is 5.97 Å². The third-order valence-corrected chi connectivity index (χ3v) is 19.4. The minimum Gasteiger partial charge on any atom is -0.508 e. The van der Waals surface area contributed by atoms with Gasteiger partial charge in [-0.15, -0.1) is 0 Å². The number of aliphatic imine (C=N–C) groups is 16. The van der Waals surface area contributed by atoms with Gasteiger partial charge in [-0.2, -0.15) is 0 Å². The van der Waals surface area contributed by atoms with Crippen LogP contribution in [0.2, 0.25) is 0 Å². The smallest absolute Gasteiger partial charge is 0.328 e. The Morgan fingerprint density at radius 3 is 1.20 bits per heavy atom. The zero-order chi connectivity index (χ0) is 101. The molecule has 0 aromatic heterocycles. The summed E-state index contributed by atoms with van der Waals surface area (Å²) in [5.74, 6) is -18.5. The normalized spacial score (nSPS) is 17.4. The zero-order valence-electron chi connectivity index (χ0n) is 75.8. The Morgan fingerprint density at radius 1 is 0.370 bits per heavy atom. The Labute approximate surface area is 778 Å². The molecule has 0 amide bonds. The summed E-state index contributed by atoms with van der Waals surface area (Å²) in [6, 6.07) is 1.20. The molecule has 50 nitrogen and oxygen atoms in total. The molecule has 135 heavy (non-hydrogen) atoms. The average Bonchev–Trinajstić information content (AvgIpc) is 0.870. The van der Waals surface area contributed by atoms with Crippen LogP contribution in [0.5, 0.6) is 5.75 Å². The number of phenolic OH excluding ortho intramolecular Hbond substituents is 1. The van der Waals surface area contributed by atoms with Gasteiger partial charge in [-0.1, -0.05) is 86.6 Å². The summed E-state index contributed by atoms with van der Waals surface area (Å²) in [5.41, 5.74) is 30.5. The molecule has 50 heteroatoms. The number of nitrogens with one attached hydrogen (secondary N) is 6. The summed E-state index contributed by atoms with van der Waals surface area (Å²) in [6.07, 6.45) is -3.04. The highest BCUT2D eigenvalue weighted by molar-refractivity contribution is 5.97. The molecule has 15 atom stereocenters. The van der Waals surface area contributed by atoms with Crippen molar-refractivity contribution >= 4 is 124 Å². The fourth-order valence-corrected chi connectivity index (χ4v) is 12.3. The second-order valence-corrected chi connectivity index (χ2v) is 31.4. The predicted molar refractivity (Wildman–Crippen MR) is 521 cm³/mol. The number of nitrogens with zero attached hydrogens (tertiary/aromatic N) is 16. The summed E-state index contributed by atoms with van der Waals surface area (Å²) in [7, 11) is 0. The number of rotatable bonds is 64. The summed E-state index contributed by atoms with van der Waals surface area (Å²) in [5, 5.41) is 278. The van der Waals surface area contributed by atoms with Crippen molar-refractivity contribution in [3.63, 3.8) is 0 Å². The molecule has 38 N–H and O–H groups in total. The molecule has 746 valence electrons. The van der Waals surface area contributed by atoms with Gasteiger partial charge in [0.15, 0.2) is 47.7 Å². The van der Waals surface area contributed by atoms with Gasteiger partial charge in [-0.3, -0.25) is 21.6 Å². The van der Waals surface area contributed by atoms with E-state index in [0.717, 1.165) is 5.56 Å². The largest absolute Gasteiger partial charge is 0.508 e. The monoisotopic (exact) mass is 1900 g/mol. The molecular formula is C85H133N27O23. The van der Waals surface area contributed by atoms with Gasteiger partial charge in [-0.25, -0.2) is 84.7 Å². The Balaban J connectivity index is 2.11. The predicted octanol–water partition coefficient (Wildman–Crippen LogP) is 5.41. The molecule has 0 aliphatic carbocycles. The lowest BCUT2D eigenvalue weighted by Crippen LogP contribution is -2.34. The molecule has 3 aromatic carbocycles. The highest BCUT2D eigenvalue weighted by atomic mass is 16.4. The van der Waals surface area contributed by atoms with E-state index in [4.69, 9.17) is 50.3 Å². The van der Waals surface area contributed by atoms with Crippen molar-refractivity contribution in [1.29, 1.82) is 21.6 Å². The topological polar surface area (TPSA) is 909 Å². The standard InChI is InChI=1S/C85H133N27O23/c1-45(2)36-59(77(128)109-61(39-51-26-28-52(115)29-27-51)78(129)110-62(40-65(90)117)79(130)107-58(83(134)135)30-31-64(89)116)108-75(126)54(22-12-14-32-86)105-74(125)57(25-17-35-96-85(93)94)104-71(122)47(4)101-81(132)63(44-113)111-76(127)55(23-13-15-33-87)106-73(124)56(24-16-34-95-84(91)92)103-70(121)46(3)100-67(119)43-99-82(133)69(48(5)114)112-80(131)60(38-50-20-10-7-11-21-50)102-68(120)42-97-66(118)41-98-72(123)53(88)37-49-18-8-6-9-19-49/h6-11,18-21,26-29,45-48,53-63,69,113-115H,12-17,22-25,30-44,86-88H2,1-5H3,(H2,89,116)(H2,90,117)(H,97,118)(H,98,123)(H,99,133)(H,100,119)(H,101,132)(H,102,120)(H,103,121)(H,104,122)(H,105,125)(H,106,124)(H,107,130)(H,108,126)(H,109,128)(H,110,129)(H,111,127)(H,112,131)(H,134,135)(H4,91,92,95)(H4,93,94,96). The van der Waals surface area contributed by atoms with Crippen LogP contribution in [0.25, 0.3) is 0 Å². The molecule has 15 unspecified atom stereocenters. The van der Waals surface area contributed by atoms with Crippen molar-refractivity contribution < 1.29 is 117 Å². The molecule has 0 fully saturated rings. The Kier molecular flexibility index (Phi) is 52.3. The van der Waals surface area contributed by atoms with Crippen molar-refractivity contribution in [3.05, 3.63) is 102 Å². The number of carboxylic acid groups (broad SMARTS) is 1. The number of aliphatic hydroxyl groups excluding tert-OH is 20. The van der Waals surface area contributed by atoms with Crippen LogP contribution < -0.4 is 39.3 Å². The van der Waals surface area contributed by atoms with Crippen LogP contribution in [0.4, 0.5) is 0 Å².